The molecule has 1 N–H and O–H groups in total. The molecule has 0 radical (unpaired) electrons. The Balaban J connectivity index is 2.26. The van der Waals surface area contributed by atoms with E-state index in [0.29, 0.717) is 26.3 Å². The van der Waals surface area contributed by atoms with Crippen LogP contribution in [0.25, 0.3) is 0 Å². The van der Waals surface area contributed by atoms with Crippen LogP contribution in [-0.2, 0) is 0 Å². The number of carbonyl (C=O) groups excluding carboxylic acids is 1. The normalized spacial score (nSPS) is 10.3. The van der Waals surface area contributed by atoms with Gasteiger partial charge in [-0.3, -0.25) is 4.79 Å². The van der Waals surface area contributed by atoms with Crippen LogP contribution in [0.4, 0.5) is 5.69 Å². The van der Waals surface area contributed by atoms with Crippen molar-refractivity contribution in [2.45, 2.75) is 0 Å². The number of nitrogens with one attached hydrogen (secondary N) is 1. The SMILES string of the molecule is O=C(Nc1cccc(Cl)c1Cl)c1ccc(Cl)c(Cl)c1. The third kappa shape index (κ3) is 3.34. The lowest BCUT2D eigenvalue weighted by Gasteiger charge is -2.08. The van der Waals surface area contributed by atoms with Crippen molar-refractivity contribution in [1.82, 2.24) is 0 Å². The molecule has 0 aliphatic rings. The molecule has 0 saturated heterocycles. The minimum Gasteiger partial charge on any atom is -0.321 e. The zero-order chi connectivity index (χ0) is 14.0. The fourth-order valence-electron chi connectivity index (χ4n) is 1.43. The Kier molecular flexibility index (Phi) is 4.58. The van der Waals surface area contributed by atoms with Crippen LogP contribution in [0.3, 0.4) is 0 Å². The topological polar surface area (TPSA) is 29.1 Å². The van der Waals surface area contributed by atoms with E-state index in [2.05, 4.69) is 5.32 Å². The summed E-state index contributed by atoms with van der Waals surface area (Å²) in [4.78, 5) is 12.0. The average molecular weight is 335 g/mol. The monoisotopic (exact) mass is 333 g/mol. The van der Waals surface area contributed by atoms with Gasteiger partial charge in [-0.05, 0) is 30.3 Å². The maximum absolute atomic E-state index is 12.0. The van der Waals surface area contributed by atoms with E-state index in [-0.39, 0.29) is 10.9 Å². The second-order valence-corrected chi connectivity index (χ2v) is 5.28. The summed E-state index contributed by atoms with van der Waals surface area (Å²) in [5.41, 5.74) is 0.815. The van der Waals surface area contributed by atoms with Crippen LogP contribution < -0.4 is 5.32 Å². The molecule has 0 aromatic heterocycles. The smallest absolute Gasteiger partial charge is 0.255 e. The molecule has 0 spiro atoms. The molecule has 0 atom stereocenters. The first-order chi connectivity index (χ1) is 8.99. The van der Waals surface area contributed by atoms with Gasteiger partial charge in [-0.1, -0.05) is 52.5 Å². The highest BCUT2D eigenvalue weighted by atomic mass is 35.5. The minimum atomic E-state index is -0.345. The number of anilines is 1. The summed E-state index contributed by atoms with van der Waals surface area (Å²) in [5, 5.41) is 4.02. The summed E-state index contributed by atoms with van der Waals surface area (Å²) < 4.78 is 0. The van der Waals surface area contributed by atoms with Gasteiger partial charge in [0.1, 0.15) is 0 Å². The molecule has 0 heterocycles. The van der Waals surface area contributed by atoms with E-state index in [0.717, 1.165) is 0 Å². The summed E-state index contributed by atoms with van der Waals surface area (Å²) in [6, 6.07) is 9.60. The average Bonchev–Trinajstić information content (AvgIpc) is 2.38. The van der Waals surface area contributed by atoms with Crippen molar-refractivity contribution in [2.75, 3.05) is 5.32 Å². The number of hydrogen-bond acceptors (Lipinski definition) is 1. The van der Waals surface area contributed by atoms with E-state index in [1.807, 2.05) is 0 Å². The molecule has 2 aromatic rings. The fourth-order valence-corrected chi connectivity index (χ4v) is 2.08. The van der Waals surface area contributed by atoms with Gasteiger partial charge >= 0.3 is 0 Å². The molecule has 2 aromatic carbocycles. The van der Waals surface area contributed by atoms with Gasteiger partial charge in [0, 0.05) is 5.56 Å². The molecule has 6 heteroatoms. The zero-order valence-electron chi connectivity index (χ0n) is 9.38. The highest BCUT2D eigenvalue weighted by Gasteiger charge is 2.11. The Hall–Kier alpha value is -0.930. The number of amides is 1. The van der Waals surface area contributed by atoms with Crippen LogP contribution in [-0.4, -0.2) is 5.91 Å². The van der Waals surface area contributed by atoms with E-state index in [4.69, 9.17) is 46.4 Å². The van der Waals surface area contributed by atoms with Crippen LogP contribution in [0.15, 0.2) is 36.4 Å². The first-order valence-corrected chi connectivity index (χ1v) is 6.70. The van der Waals surface area contributed by atoms with Crippen molar-refractivity contribution >= 4 is 58.0 Å². The van der Waals surface area contributed by atoms with Crippen molar-refractivity contribution < 1.29 is 4.79 Å². The summed E-state index contributed by atoms with van der Waals surface area (Å²) >= 11 is 23.5. The second-order valence-electron chi connectivity index (χ2n) is 3.68. The lowest BCUT2D eigenvalue weighted by molar-refractivity contribution is 0.102. The molecule has 2 nitrogen and oxygen atoms in total. The maximum atomic E-state index is 12.0. The van der Waals surface area contributed by atoms with Crippen LogP contribution >= 0.6 is 46.4 Å². The number of rotatable bonds is 2. The second kappa shape index (κ2) is 6.02. The number of benzene rings is 2. The molecule has 0 unspecified atom stereocenters. The van der Waals surface area contributed by atoms with Gasteiger partial charge in [-0.2, -0.15) is 0 Å². The lowest BCUT2D eigenvalue weighted by Crippen LogP contribution is -2.12. The van der Waals surface area contributed by atoms with Gasteiger partial charge in [0.25, 0.3) is 5.91 Å². The van der Waals surface area contributed by atoms with Crippen molar-refractivity contribution in [2.24, 2.45) is 0 Å². The van der Waals surface area contributed by atoms with Gasteiger partial charge in [-0.25, -0.2) is 0 Å². The van der Waals surface area contributed by atoms with Gasteiger partial charge in [0.2, 0.25) is 0 Å². The summed E-state index contributed by atoms with van der Waals surface area (Å²) in [7, 11) is 0. The van der Waals surface area contributed by atoms with E-state index in [1.165, 1.54) is 6.07 Å². The number of halogens is 4. The molecule has 1 amide bonds. The molecular formula is C13H7Cl4NO. The van der Waals surface area contributed by atoms with Crippen LogP contribution in [0.2, 0.25) is 20.1 Å². The van der Waals surface area contributed by atoms with Gasteiger partial charge < -0.3 is 5.32 Å². The van der Waals surface area contributed by atoms with Crippen LogP contribution in [0.1, 0.15) is 10.4 Å². The maximum Gasteiger partial charge on any atom is 0.255 e. The molecule has 0 aliphatic heterocycles. The summed E-state index contributed by atoms with van der Waals surface area (Å²) in [6.07, 6.45) is 0. The summed E-state index contributed by atoms with van der Waals surface area (Å²) in [6.45, 7) is 0. The van der Waals surface area contributed by atoms with E-state index < -0.39 is 0 Å². The highest BCUT2D eigenvalue weighted by Crippen LogP contribution is 2.30. The van der Waals surface area contributed by atoms with Gasteiger partial charge in [0.05, 0.1) is 25.8 Å². The molecular weight excluding hydrogens is 328 g/mol. The third-order valence-corrected chi connectivity index (χ3v) is 3.94. The van der Waals surface area contributed by atoms with Gasteiger partial charge in [0.15, 0.2) is 0 Å². The molecule has 98 valence electrons. The molecule has 19 heavy (non-hydrogen) atoms. The Bertz CT molecular complexity index is 643. The van der Waals surface area contributed by atoms with E-state index in [1.54, 1.807) is 30.3 Å². The standard InChI is InChI=1S/C13H7Cl4NO/c14-8-5-4-7(6-10(8)16)13(19)18-11-3-1-2-9(15)12(11)17/h1-6H,(H,18,19). The fraction of sp³-hybridized carbons (Fsp3) is 0. The number of hydrogen-bond donors (Lipinski definition) is 1. The molecule has 0 fully saturated rings. The Morgan fingerprint density at radius 3 is 2.32 bits per heavy atom. The minimum absolute atomic E-state index is 0.289. The highest BCUT2D eigenvalue weighted by molar-refractivity contribution is 6.44. The van der Waals surface area contributed by atoms with E-state index in [9.17, 15) is 4.79 Å². The molecule has 0 aliphatic carbocycles. The molecule has 0 saturated carbocycles. The first kappa shape index (κ1) is 14.5. The largest absolute Gasteiger partial charge is 0.321 e. The van der Waals surface area contributed by atoms with Gasteiger partial charge in [-0.15, -0.1) is 0 Å². The molecule has 0 bridgehead atoms. The third-order valence-electron chi connectivity index (χ3n) is 2.38. The van der Waals surface area contributed by atoms with Crippen molar-refractivity contribution in [1.29, 1.82) is 0 Å². The summed E-state index contributed by atoms with van der Waals surface area (Å²) in [5.74, 6) is -0.345. The predicted octanol–water partition coefficient (Wildman–Crippen LogP) is 5.55. The van der Waals surface area contributed by atoms with Crippen molar-refractivity contribution in [3.05, 3.63) is 62.1 Å². The first-order valence-electron chi connectivity index (χ1n) is 5.19. The zero-order valence-corrected chi connectivity index (χ0v) is 12.4. The quantitative estimate of drug-likeness (QED) is 0.766. The van der Waals surface area contributed by atoms with Crippen molar-refractivity contribution in [3.63, 3.8) is 0 Å². The number of carbonyl (C=O) groups is 1. The lowest BCUT2D eigenvalue weighted by atomic mass is 10.2. The van der Waals surface area contributed by atoms with Crippen LogP contribution in [0, 0.1) is 0 Å². The van der Waals surface area contributed by atoms with E-state index >= 15 is 0 Å². The Morgan fingerprint density at radius 1 is 0.895 bits per heavy atom. The Labute approximate surface area is 130 Å². The van der Waals surface area contributed by atoms with Crippen LogP contribution in [0.5, 0.6) is 0 Å². The Morgan fingerprint density at radius 2 is 1.63 bits per heavy atom. The van der Waals surface area contributed by atoms with Crippen molar-refractivity contribution in [3.8, 4) is 0 Å². The predicted molar refractivity (Wildman–Crippen MR) is 80.9 cm³/mol. The molecule has 2 rings (SSSR count).